The highest BCUT2D eigenvalue weighted by atomic mass is 19.4. The van der Waals surface area contributed by atoms with E-state index in [0.29, 0.717) is 37.7 Å². The summed E-state index contributed by atoms with van der Waals surface area (Å²) in [5.74, 6) is 1.42. The number of nitrogens with zero attached hydrogens (tertiary/aromatic N) is 3. The second kappa shape index (κ2) is 7.95. The minimum Gasteiger partial charge on any atom is -0.341 e. The highest BCUT2D eigenvalue weighted by Gasteiger charge is 2.37. The minimum atomic E-state index is -4.37. The summed E-state index contributed by atoms with van der Waals surface area (Å²) >= 11 is 0. The first kappa shape index (κ1) is 21.8. The fraction of sp³-hybridized carbons (Fsp3) is 0.609. The van der Waals surface area contributed by atoms with E-state index in [2.05, 4.69) is 10.1 Å². The van der Waals surface area contributed by atoms with Gasteiger partial charge in [-0.25, -0.2) is 0 Å². The van der Waals surface area contributed by atoms with Crippen LogP contribution in [0.3, 0.4) is 0 Å². The van der Waals surface area contributed by atoms with Gasteiger partial charge in [0, 0.05) is 31.3 Å². The number of amides is 1. The highest BCUT2D eigenvalue weighted by molar-refractivity contribution is 5.77. The minimum absolute atomic E-state index is 0.0380. The number of benzene rings is 1. The SMILES string of the molecule is CC(C)(C)CC(=O)N1CC(c2ccc(C(F)(F)F)cc2)CC(c2nc(C3CC3)no2)C1. The van der Waals surface area contributed by atoms with Crippen molar-refractivity contribution in [3.8, 4) is 0 Å². The molecule has 0 N–H and O–H groups in total. The van der Waals surface area contributed by atoms with Crippen LogP contribution >= 0.6 is 0 Å². The van der Waals surface area contributed by atoms with Crippen molar-refractivity contribution in [1.82, 2.24) is 15.0 Å². The first-order valence-corrected chi connectivity index (χ1v) is 10.8. The third-order valence-electron chi connectivity index (χ3n) is 5.94. The van der Waals surface area contributed by atoms with Crippen molar-refractivity contribution >= 4 is 5.91 Å². The molecule has 1 saturated heterocycles. The Kier molecular flexibility index (Phi) is 5.60. The first-order chi connectivity index (χ1) is 14.5. The van der Waals surface area contributed by atoms with E-state index in [1.807, 2.05) is 25.7 Å². The van der Waals surface area contributed by atoms with Gasteiger partial charge in [-0.2, -0.15) is 18.2 Å². The van der Waals surface area contributed by atoms with Crippen molar-refractivity contribution in [3.05, 3.63) is 47.1 Å². The summed E-state index contributed by atoms with van der Waals surface area (Å²) in [7, 11) is 0. The number of halogens is 3. The molecule has 1 aliphatic carbocycles. The van der Waals surface area contributed by atoms with Crippen LogP contribution < -0.4 is 0 Å². The molecule has 4 rings (SSSR count). The zero-order valence-corrected chi connectivity index (χ0v) is 18.1. The van der Waals surface area contributed by atoms with Crippen LogP contribution in [0.1, 0.15) is 87.1 Å². The Hall–Kier alpha value is -2.38. The smallest absolute Gasteiger partial charge is 0.341 e. The topological polar surface area (TPSA) is 59.2 Å². The lowest BCUT2D eigenvalue weighted by Crippen LogP contribution is -2.43. The number of rotatable bonds is 4. The predicted octanol–water partition coefficient (Wildman–Crippen LogP) is 5.50. The summed E-state index contributed by atoms with van der Waals surface area (Å²) in [4.78, 5) is 19.4. The quantitative estimate of drug-likeness (QED) is 0.636. The number of alkyl halides is 3. The summed E-state index contributed by atoms with van der Waals surface area (Å²) in [5.41, 5.74) is -0.0409. The van der Waals surface area contributed by atoms with Crippen LogP contribution in [0.15, 0.2) is 28.8 Å². The second-order valence-electron chi connectivity index (χ2n) is 10.1. The van der Waals surface area contributed by atoms with Gasteiger partial charge in [-0.3, -0.25) is 4.79 Å². The van der Waals surface area contributed by atoms with Gasteiger partial charge in [-0.05, 0) is 42.4 Å². The van der Waals surface area contributed by atoms with Crippen molar-refractivity contribution in [2.75, 3.05) is 13.1 Å². The standard InChI is InChI=1S/C23H28F3N3O2/c1-22(2,3)11-19(30)29-12-16(14-6-8-18(9-7-14)23(24,25)26)10-17(13-29)21-27-20(28-31-21)15-4-5-15/h6-9,15-17H,4-5,10-13H2,1-3H3. The molecule has 1 amide bonds. The van der Waals surface area contributed by atoms with E-state index in [1.165, 1.54) is 12.1 Å². The number of hydrogen-bond donors (Lipinski definition) is 0. The molecule has 5 nitrogen and oxygen atoms in total. The summed E-state index contributed by atoms with van der Waals surface area (Å²) in [6.07, 6.45) is -1.19. The molecule has 2 unspecified atom stereocenters. The van der Waals surface area contributed by atoms with E-state index in [-0.39, 0.29) is 23.2 Å². The molecule has 1 aliphatic heterocycles. The molecule has 31 heavy (non-hydrogen) atoms. The van der Waals surface area contributed by atoms with Crippen LogP contribution in [-0.4, -0.2) is 34.0 Å². The molecule has 2 atom stereocenters. The Labute approximate surface area is 180 Å². The number of carbonyl (C=O) groups is 1. The Morgan fingerprint density at radius 2 is 1.71 bits per heavy atom. The van der Waals surface area contributed by atoms with Crippen molar-refractivity contribution in [2.45, 2.75) is 70.4 Å². The van der Waals surface area contributed by atoms with Crippen molar-refractivity contribution in [3.63, 3.8) is 0 Å². The predicted molar refractivity (Wildman–Crippen MR) is 108 cm³/mol. The number of hydrogen-bond acceptors (Lipinski definition) is 4. The summed E-state index contributed by atoms with van der Waals surface area (Å²) in [6, 6.07) is 5.26. The Morgan fingerprint density at radius 3 is 2.29 bits per heavy atom. The zero-order chi connectivity index (χ0) is 22.4. The molecular formula is C23H28F3N3O2. The Balaban J connectivity index is 1.58. The molecule has 0 radical (unpaired) electrons. The molecule has 1 saturated carbocycles. The lowest BCUT2D eigenvalue weighted by atomic mass is 9.83. The molecule has 8 heteroatoms. The number of aromatic nitrogens is 2. The average Bonchev–Trinajstić information content (AvgIpc) is 3.42. The maximum absolute atomic E-state index is 13.0. The Morgan fingerprint density at radius 1 is 1.06 bits per heavy atom. The molecule has 2 aromatic rings. The van der Waals surface area contributed by atoms with E-state index in [4.69, 9.17) is 4.52 Å². The van der Waals surface area contributed by atoms with E-state index in [0.717, 1.165) is 36.4 Å². The second-order valence-corrected chi connectivity index (χ2v) is 10.1. The van der Waals surface area contributed by atoms with Crippen LogP contribution in [0.25, 0.3) is 0 Å². The molecule has 1 aromatic heterocycles. The molecule has 1 aromatic carbocycles. The average molecular weight is 435 g/mol. The van der Waals surface area contributed by atoms with E-state index >= 15 is 0 Å². The normalized spacial score (nSPS) is 22.6. The third-order valence-corrected chi connectivity index (χ3v) is 5.94. The van der Waals surface area contributed by atoms with Crippen LogP contribution in [0.5, 0.6) is 0 Å². The number of likely N-dealkylation sites (tertiary alicyclic amines) is 1. The summed E-state index contributed by atoms with van der Waals surface area (Å²) in [6.45, 7) is 7.00. The van der Waals surface area contributed by atoms with Crippen LogP contribution in [0.4, 0.5) is 13.2 Å². The monoisotopic (exact) mass is 435 g/mol. The van der Waals surface area contributed by atoms with Crippen LogP contribution in [-0.2, 0) is 11.0 Å². The summed E-state index contributed by atoms with van der Waals surface area (Å²) in [5, 5.41) is 4.10. The van der Waals surface area contributed by atoms with E-state index < -0.39 is 11.7 Å². The summed E-state index contributed by atoms with van der Waals surface area (Å²) < 4.78 is 44.4. The molecule has 168 valence electrons. The molecular weight excluding hydrogens is 407 g/mol. The van der Waals surface area contributed by atoms with Crippen molar-refractivity contribution in [1.29, 1.82) is 0 Å². The van der Waals surface area contributed by atoms with Gasteiger partial charge in [-0.15, -0.1) is 0 Å². The highest BCUT2D eigenvalue weighted by Crippen LogP contribution is 2.41. The van der Waals surface area contributed by atoms with E-state index in [9.17, 15) is 18.0 Å². The van der Waals surface area contributed by atoms with Gasteiger partial charge in [0.1, 0.15) is 0 Å². The zero-order valence-electron chi connectivity index (χ0n) is 18.1. The lowest BCUT2D eigenvalue weighted by molar-refractivity contribution is -0.137. The van der Waals surface area contributed by atoms with Gasteiger partial charge in [0.2, 0.25) is 11.8 Å². The number of carbonyl (C=O) groups excluding carboxylic acids is 1. The number of piperidine rings is 1. The fourth-order valence-electron chi connectivity index (χ4n) is 4.15. The van der Waals surface area contributed by atoms with Crippen molar-refractivity contribution < 1.29 is 22.5 Å². The molecule has 2 fully saturated rings. The van der Waals surface area contributed by atoms with Gasteiger partial charge in [-0.1, -0.05) is 38.1 Å². The molecule has 2 aliphatic rings. The van der Waals surface area contributed by atoms with Crippen molar-refractivity contribution in [2.24, 2.45) is 5.41 Å². The third kappa shape index (κ3) is 5.28. The van der Waals surface area contributed by atoms with E-state index in [1.54, 1.807) is 0 Å². The first-order valence-electron chi connectivity index (χ1n) is 10.8. The van der Waals surface area contributed by atoms with Gasteiger partial charge >= 0.3 is 6.18 Å². The van der Waals surface area contributed by atoms with Gasteiger partial charge < -0.3 is 9.42 Å². The maximum atomic E-state index is 13.0. The van der Waals surface area contributed by atoms with Crippen LogP contribution in [0.2, 0.25) is 0 Å². The lowest BCUT2D eigenvalue weighted by Gasteiger charge is -2.38. The molecule has 0 bridgehead atoms. The molecule has 0 spiro atoms. The van der Waals surface area contributed by atoms with Gasteiger partial charge in [0.05, 0.1) is 11.5 Å². The van der Waals surface area contributed by atoms with Gasteiger partial charge in [0.25, 0.3) is 0 Å². The van der Waals surface area contributed by atoms with Crippen LogP contribution in [0, 0.1) is 5.41 Å². The van der Waals surface area contributed by atoms with Gasteiger partial charge in [0.15, 0.2) is 5.82 Å². The Bertz CT molecular complexity index is 927. The molecule has 2 heterocycles. The maximum Gasteiger partial charge on any atom is 0.416 e. The fourth-order valence-corrected chi connectivity index (χ4v) is 4.15. The largest absolute Gasteiger partial charge is 0.416 e.